The predicted octanol–water partition coefficient (Wildman–Crippen LogP) is 5.51. The fraction of sp³-hybridized carbons (Fsp3) is 0.750. The van der Waals surface area contributed by atoms with Crippen molar-refractivity contribution in [3.8, 4) is 0 Å². The number of rotatable bonds is 5. The molecule has 0 bridgehead atoms. The van der Waals surface area contributed by atoms with E-state index in [0.717, 1.165) is 0 Å². The Balaban J connectivity index is 2.81. The van der Waals surface area contributed by atoms with Gasteiger partial charge >= 0.3 is 0 Å². The van der Waals surface area contributed by atoms with E-state index in [-0.39, 0.29) is 0 Å². The number of hydrogen-bond donors (Lipinski definition) is 0. The molecule has 0 heteroatoms. The lowest BCUT2D eigenvalue weighted by Crippen LogP contribution is -2.16. The molecule has 0 atom stereocenters. The molecule has 1 rings (SSSR count). The maximum Gasteiger partial charge on any atom is -0.0220 e. The second-order valence-corrected chi connectivity index (χ2v) is 5.83. The van der Waals surface area contributed by atoms with E-state index in [1.807, 2.05) is 0 Å². The average molecular weight is 220 g/mol. The van der Waals surface area contributed by atoms with Gasteiger partial charge in [-0.05, 0) is 43.1 Å². The van der Waals surface area contributed by atoms with Crippen molar-refractivity contribution in [2.24, 2.45) is 11.3 Å². The van der Waals surface area contributed by atoms with Crippen LogP contribution in [0, 0.1) is 11.3 Å². The Kier molecular flexibility index (Phi) is 4.83. The summed E-state index contributed by atoms with van der Waals surface area (Å²) in [5.41, 5.74) is 3.67. The Morgan fingerprint density at radius 1 is 1.31 bits per heavy atom. The Morgan fingerprint density at radius 2 is 1.88 bits per heavy atom. The first-order valence-corrected chi connectivity index (χ1v) is 6.87. The molecular formula is C16H28. The van der Waals surface area contributed by atoms with Crippen molar-refractivity contribution in [1.29, 1.82) is 0 Å². The van der Waals surface area contributed by atoms with Gasteiger partial charge in [0.1, 0.15) is 0 Å². The third-order valence-electron chi connectivity index (χ3n) is 4.39. The van der Waals surface area contributed by atoms with Crippen LogP contribution >= 0.6 is 0 Å². The van der Waals surface area contributed by atoms with Crippen LogP contribution in [0.4, 0.5) is 0 Å². The lowest BCUT2D eigenvalue weighted by molar-refractivity contribution is 0.280. The monoisotopic (exact) mass is 220 g/mol. The predicted molar refractivity (Wildman–Crippen MR) is 73.5 cm³/mol. The number of allylic oxidation sites excluding steroid dienone is 3. The fourth-order valence-corrected chi connectivity index (χ4v) is 3.35. The summed E-state index contributed by atoms with van der Waals surface area (Å²) in [5, 5.41) is 0. The van der Waals surface area contributed by atoms with E-state index in [4.69, 9.17) is 0 Å². The van der Waals surface area contributed by atoms with E-state index < -0.39 is 0 Å². The van der Waals surface area contributed by atoms with Crippen molar-refractivity contribution < 1.29 is 0 Å². The molecule has 0 heterocycles. The molecule has 0 amide bonds. The molecule has 0 unspecified atom stereocenters. The maximum atomic E-state index is 3.97. The van der Waals surface area contributed by atoms with Gasteiger partial charge < -0.3 is 0 Å². The molecule has 0 spiro atoms. The molecule has 0 nitrogen and oxygen atoms in total. The zero-order valence-corrected chi connectivity index (χ0v) is 11.6. The summed E-state index contributed by atoms with van der Waals surface area (Å²) in [6, 6.07) is 0. The Hall–Kier alpha value is -0.520. The minimum Gasteiger partial charge on any atom is -0.0988 e. The molecule has 0 aromatic heterocycles. The zero-order chi connectivity index (χ0) is 12.2. The summed E-state index contributed by atoms with van der Waals surface area (Å²) in [6.07, 6.45) is 10.4. The standard InChI is InChI=1S/C16H28/c1-6-15(13(3)4)14(5)12-16(7-2)10-8-9-11-16/h6,13H,1,7-12H2,2-5H3. The summed E-state index contributed by atoms with van der Waals surface area (Å²) in [5.74, 6) is 0.618. The SMILES string of the molecule is C=CC(=C(C)CC1(CC)CCCC1)C(C)C. The smallest absolute Gasteiger partial charge is 0.0220 e. The quantitative estimate of drug-likeness (QED) is 0.536. The largest absolute Gasteiger partial charge is 0.0988 e. The topological polar surface area (TPSA) is 0 Å². The second-order valence-electron chi connectivity index (χ2n) is 5.83. The van der Waals surface area contributed by atoms with Gasteiger partial charge in [0, 0.05) is 0 Å². The van der Waals surface area contributed by atoms with Crippen molar-refractivity contribution in [2.75, 3.05) is 0 Å². The first-order chi connectivity index (χ1) is 7.54. The van der Waals surface area contributed by atoms with Gasteiger partial charge in [-0.1, -0.05) is 58.3 Å². The van der Waals surface area contributed by atoms with Crippen LogP contribution in [-0.4, -0.2) is 0 Å². The normalized spacial score (nSPS) is 21.1. The van der Waals surface area contributed by atoms with E-state index in [0.29, 0.717) is 11.3 Å². The van der Waals surface area contributed by atoms with Crippen LogP contribution in [0.1, 0.15) is 66.2 Å². The van der Waals surface area contributed by atoms with Crippen LogP contribution < -0.4 is 0 Å². The minimum atomic E-state index is 0.618. The van der Waals surface area contributed by atoms with Crippen LogP contribution in [0.25, 0.3) is 0 Å². The van der Waals surface area contributed by atoms with E-state index >= 15 is 0 Å². The summed E-state index contributed by atoms with van der Waals surface area (Å²) in [6.45, 7) is 13.2. The van der Waals surface area contributed by atoms with Crippen LogP contribution in [0.3, 0.4) is 0 Å². The molecule has 16 heavy (non-hydrogen) atoms. The Morgan fingerprint density at radius 3 is 2.25 bits per heavy atom. The lowest BCUT2D eigenvalue weighted by atomic mass is 9.76. The van der Waals surface area contributed by atoms with E-state index in [9.17, 15) is 0 Å². The zero-order valence-electron chi connectivity index (χ0n) is 11.6. The van der Waals surface area contributed by atoms with Crippen molar-refractivity contribution in [1.82, 2.24) is 0 Å². The third kappa shape index (κ3) is 2.99. The van der Waals surface area contributed by atoms with E-state index in [1.165, 1.54) is 44.1 Å². The molecule has 1 aliphatic rings. The molecule has 1 aliphatic carbocycles. The molecule has 0 aromatic rings. The van der Waals surface area contributed by atoms with Crippen LogP contribution in [-0.2, 0) is 0 Å². The first kappa shape index (κ1) is 13.5. The van der Waals surface area contributed by atoms with Crippen LogP contribution in [0.15, 0.2) is 23.8 Å². The van der Waals surface area contributed by atoms with Crippen LogP contribution in [0.5, 0.6) is 0 Å². The van der Waals surface area contributed by atoms with Gasteiger partial charge in [0.25, 0.3) is 0 Å². The summed E-state index contributed by atoms with van der Waals surface area (Å²) in [7, 11) is 0. The molecule has 0 radical (unpaired) electrons. The molecule has 92 valence electrons. The Labute approximate surface area is 102 Å². The van der Waals surface area contributed by atoms with Crippen molar-refractivity contribution in [3.63, 3.8) is 0 Å². The van der Waals surface area contributed by atoms with Crippen molar-refractivity contribution in [2.45, 2.75) is 66.2 Å². The van der Waals surface area contributed by atoms with E-state index in [2.05, 4.69) is 40.3 Å². The van der Waals surface area contributed by atoms with Gasteiger partial charge in [0.15, 0.2) is 0 Å². The van der Waals surface area contributed by atoms with E-state index in [1.54, 1.807) is 5.57 Å². The molecular weight excluding hydrogens is 192 g/mol. The molecule has 1 fully saturated rings. The molecule has 0 saturated heterocycles. The average Bonchev–Trinajstić information content (AvgIpc) is 2.67. The fourth-order valence-electron chi connectivity index (χ4n) is 3.35. The van der Waals surface area contributed by atoms with Gasteiger partial charge in [0.05, 0.1) is 0 Å². The van der Waals surface area contributed by atoms with Crippen molar-refractivity contribution >= 4 is 0 Å². The summed E-state index contributed by atoms with van der Waals surface area (Å²) in [4.78, 5) is 0. The van der Waals surface area contributed by atoms with Gasteiger partial charge in [0.2, 0.25) is 0 Å². The molecule has 0 N–H and O–H groups in total. The number of hydrogen-bond acceptors (Lipinski definition) is 0. The first-order valence-electron chi connectivity index (χ1n) is 6.87. The van der Waals surface area contributed by atoms with Gasteiger partial charge in [-0.2, -0.15) is 0 Å². The Bertz CT molecular complexity index is 262. The minimum absolute atomic E-state index is 0.618. The van der Waals surface area contributed by atoms with Crippen LogP contribution in [0.2, 0.25) is 0 Å². The third-order valence-corrected chi connectivity index (χ3v) is 4.39. The second kappa shape index (κ2) is 5.70. The molecule has 0 aromatic carbocycles. The molecule has 1 saturated carbocycles. The van der Waals surface area contributed by atoms with Crippen molar-refractivity contribution in [3.05, 3.63) is 23.8 Å². The summed E-state index contributed by atoms with van der Waals surface area (Å²) < 4.78 is 0. The highest BCUT2D eigenvalue weighted by atomic mass is 14.4. The van der Waals surface area contributed by atoms with Gasteiger partial charge in [-0.3, -0.25) is 0 Å². The molecule has 0 aliphatic heterocycles. The highest BCUT2D eigenvalue weighted by Crippen LogP contribution is 2.46. The lowest BCUT2D eigenvalue weighted by Gasteiger charge is -2.29. The highest BCUT2D eigenvalue weighted by molar-refractivity contribution is 5.25. The highest BCUT2D eigenvalue weighted by Gasteiger charge is 2.32. The maximum absolute atomic E-state index is 3.97. The van der Waals surface area contributed by atoms with Gasteiger partial charge in [-0.15, -0.1) is 0 Å². The summed E-state index contributed by atoms with van der Waals surface area (Å²) >= 11 is 0. The van der Waals surface area contributed by atoms with Gasteiger partial charge in [-0.25, -0.2) is 0 Å².